The molecule has 0 unspecified atom stereocenters. The Morgan fingerprint density at radius 2 is 2.33 bits per heavy atom. The molecule has 0 aromatic carbocycles. The van der Waals surface area contributed by atoms with Crippen LogP contribution in [0.15, 0.2) is 18.3 Å². The SMILES string of the molecule is O=C(O)[C@@H]1CCCN(c2ccc([N+](=O)[O-])nc2)C1. The summed E-state index contributed by atoms with van der Waals surface area (Å²) in [4.78, 5) is 26.5. The number of pyridine rings is 1. The summed E-state index contributed by atoms with van der Waals surface area (Å²) < 4.78 is 0. The predicted molar refractivity (Wildman–Crippen MR) is 63.5 cm³/mol. The van der Waals surface area contributed by atoms with E-state index < -0.39 is 10.9 Å². The Kier molecular flexibility index (Phi) is 3.40. The number of hydrogen-bond donors (Lipinski definition) is 1. The van der Waals surface area contributed by atoms with Crippen molar-refractivity contribution in [3.63, 3.8) is 0 Å². The van der Waals surface area contributed by atoms with Crippen LogP contribution in [0.25, 0.3) is 0 Å². The fraction of sp³-hybridized carbons (Fsp3) is 0.455. The van der Waals surface area contributed by atoms with Crippen LogP contribution in [-0.2, 0) is 4.79 Å². The van der Waals surface area contributed by atoms with E-state index in [1.54, 1.807) is 6.07 Å². The van der Waals surface area contributed by atoms with Crippen LogP contribution in [0.5, 0.6) is 0 Å². The molecule has 1 aliphatic heterocycles. The fourth-order valence-corrected chi connectivity index (χ4v) is 2.09. The molecule has 1 N–H and O–H groups in total. The summed E-state index contributed by atoms with van der Waals surface area (Å²) in [7, 11) is 0. The number of nitro groups is 1. The average Bonchev–Trinajstić information content (AvgIpc) is 2.39. The molecule has 0 bridgehead atoms. The van der Waals surface area contributed by atoms with Gasteiger partial charge in [-0.15, -0.1) is 0 Å². The zero-order valence-electron chi connectivity index (χ0n) is 9.65. The lowest BCUT2D eigenvalue weighted by atomic mass is 9.98. The molecule has 1 atom stereocenters. The summed E-state index contributed by atoms with van der Waals surface area (Å²) in [6.45, 7) is 1.18. The Labute approximate surface area is 103 Å². The minimum Gasteiger partial charge on any atom is -0.481 e. The third-order valence-electron chi connectivity index (χ3n) is 3.06. The van der Waals surface area contributed by atoms with Gasteiger partial charge in [-0.1, -0.05) is 0 Å². The van der Waals surface area contributed by atoms with Crippen molar-refractivity contribution < 1.29 is 14.8 Å². The van der Waals surface area contributed by atoms with Crippen LogP contribution >= 0.6 is 0 Å². The van der Waals surface area contributed by atoms with Gasteiger partial charge in [-0.05, 0) is 28.8 Å². The minimum absolute atomic E-state index is 0.203. The molecular formula is C11H13N3O4. The Morgan fingerprint density at radius 3 is 2.89 bits per heavy atom. The van der Waals surface area contributed by atoms with Gasteiger partial charge in [0.1, 0.15) is 0 Å². The van der Waals surface area contributed by atoms with Crippen molar-refractivity contribution >= 4 is 17.5 Å². The van der Waals surface area contributed by atoms with Crippen LogP contribution in [0.2, 0.25) is 0 Å². The van der Waals surface area contributed by atoms with Crippen LogP contribution in [-0.4, -0.2) is 34.1 Å². The van der Waals surface area contributed by atoms with E-state index in [2.05, 4.69) is 4.98 Å². The predicted octanol–water partition coefficient (Wildman–Crippen LogP) is 1.29. The zero-order valence-corrected chi connectivity index (χ0v) is 9.65. The largest absolute Gasteiger partial charge is 0.481 e. The summed E-state index contributed by atoms with van der Waals surface area (Å²) >= 11 is 0. The number of rotatable bonds is 3. The number of carboxylic acids is 1. The Hall–Kier alpha value is -2.18. The summed E-state index contributed by atoms with van der Waals surface area (Å²) in [6.07, 6.45) is 2.89. The van der Waals surface area contributed by atoms with Gasteiger partial charge in [-0.3, -0.25) is 4.79 Å². The van der Waals surface area contributed by atoms with Crippen LogP contribution in [0, 0.1) is 16.0 Å². The van der Waals surface area contributed by atoms with E-state index in [4.69, 9.17) is 5.11 Å². The van der Waals surface area contributed by atoms with Gasteiger partial charge in [-0.25, -0.2) is 0 Å². The second-order valence-corrected chi connectivity index (χ2v) is 4.26. The molecule has 0 saturated carbocycles. The van der Waals surface area contributed by atoms with Gasteiger partial charge >= 0.3 is 11.8 Å². The van der Waals surface area contributed by atoms with E-state index in [-0.39, 0.29) is 11.7 Å². The van der Waals surface area contributed by atoms with Crippen LogP contribution in [0.4, 0.5) is 11.5 Å². The molecule has 96 valence electrons. The van der Waals surface area contributed by atoms with E-state index >= 15 is 0 Å². The summed E-state index contributed by atoms with van der Waals surface area (Å²) in [5.41, 5.74) is 0.728. The van der Waals surface area contributed by atoms with Crippen molar-refractivity contribution in [1.82, 2.24) is 4.98 Å². The minimum atomic E-state index is -0.797. The lowest BCUT2D eigenvalue weighted by Gasteiger charge is -2.31. The van der Waals surface area contributed by atoms with Crippen molar-refractivity contribution in [2.45, 2.75) is 12.8 Å². The molecule has 18 heavy (non-hydrogen) atoms. The maximum atomic E-state index is 10.9. The second-order valence-electron chi connectivity index (χ2n) is 4.26. The number of hydrogen-bond acceptors (Lipinski definition) is 5. The fourth-order valence-electron chi connectivity index (χ4n) is 2.09. The van der Waals surface area contributed by atoms with Crippen LogP contribution < -0.4 is 4.90 Å². The molecule has 1 aromatic rings. The van der Waals surface area contributed by atoms with Gasteiger partial charge in [0.2, 0.25) is 0 Å². The van der Waals surface area contributed by atoms with E-state index in [0.717, 1.165) is 18.7 Å². The topological polar surface area (TPSA) is 96.6 Å². The summed E-state index contributed by atoms with van der Waals surface area (Å²) in [5, 5.41) is 19.5. The van der Waals surface area contributed by atoms with Gasteiger partial charge in [0, 0.05) is 19.2 Å². The number of anilines is 1. The third kappa shape index (κ3) is 2.55. The summed E-state index contributed by atoms with van der Waals surface area (Å²) in [5.74, 6) is -1.38. The lowest BCUT2D eigenvalue weighted by molar-refractivity contribution is -0.389. The maximum Gasteiger partial charge on any atom is 0.363 e. The Balaban J connectivity index is 2.11. The lowest BCUT2D eigenvalue weighted by Crippen LogP contribution is -2.38. The normalized spacial score (nSPS) is 19.6. The van der Waals surface area contributed by atoms with Gasteiger partial charge in [-0.2, -0.15) is 0 Å². The van der Waals surface area contributed by atoms with Crippen LogP contribution in [0.3, 0.4) is 0 Å². The molecule has 1 aliphatic rings. The van der Waals surface area contributed by atoms with Crippen molar-refractivity contribution in [2.24, 2.45) is 5.92 Å². The Bertz CT molecular complexity index is 460. The zero-order chi connectivity index (χ0) is 13.1. The number of aromatic nitrogens is 1. The van der Waals surface area contributed by atoms with Crippen molar-refractivity contribution in [2.75, 3.05) is 18.0 Å². The molecule has 1 fully saturated rings. The molecule has 7 nitrogen and oxygen atoms in total. The quantitative estimate of drug-likeness (QED) is 0.642. The number of carbonyl (C=O) groups is 1. The van der Waals surface area contributed by atoms with Gasteiger partial charge in [0.25, 0.3) is 0 Å². The molecule has 2 rings (SSSR count). The first-order valence-electron chi connectivity index (χ1n) is 5.66. The van der Waals surface area contributed by atoms with Gasteiger partial charge < -0.3 is 20.1 Å². The van der Waals surface area contributed by atoms with E-state index in [0.29, 0.717) is 13.0 Å². The van der Waals surface area contributed by atoms with Crippen molar-refractivity contribution in [3.8, 4) is 0 Å². The highest BCUT2D eigenvalue weighted by Gasteiger charge is 2.26. The maximum absolute atomic E-state index is 10.9. The molecule has 0 spiro atoms. The number of piperidine rings is 1. The number of carboxylic acid groups (broad SMARTS) is 1. The molecule has 0 amide bonds. The number of nitrogens with zero attached hydrogens (tertiary/aromatic N) is 3. The highest BCUT2D eigenvalue weighted by atomic mass is 16.6. The molecule has 2 heterocycles. The molecule has 1 saturated heterocycles. The number of aliphatic carboxylic acids is 1. The Morgan fingerprint density at radius 1 is 1.56 bits per heavy atom. The molecule has 7 heteroatoms. The monoisotopic (exact) mass is 251 g/mol. The van der Waals surface area contributed by atoms with Crippen LogP contribution in [0.1, 0.15) is 12.8 Å². The van der Waals surface area contributed by atoms with E-state index in [1.807, 2.05) is 4.90 Å². The van der Waals surface area contributed by atoms with Gasteiger partial charge in [0.15, 0.2) is 6.20 Å². The average molecular weight is 251 g/mol. The van der Waals surface area contributed by atoms with Crippen molar-refractivity contribution in [3.05, 3.63) is 28.4 Å². The molecule has 1 aromatic heterocycles. The molecule has 0 aliphatic carbocycles. The second kappa shape index (κ2) is 4.99. The van der Waals surface area contributed by atoms with E-state index in [1.165, 1.54) is 12.3 Å². The van der Waals surface area contributed by atoms with Gasteiger partial charge in [0.05, 0.1) is 11.6 Å². The first-order valence-corrected chi connectivity index (χ1v) is 5.66. The first kappa shape index (κ1) is 12.3. The third-order valence-corrected chi connectivity index (χ3v) is 3.06. The highest BCUT2D eigenvalue weighted by molar-refractivity contribution is 5.71. The smallest absolute Gasteiger partial charge is 0.363 e. The summed E-state index contributed by atoms with van der Waals surface area (Å²) in [6, 6.07) is 2.94. The first-order chi connectivity index (χ1) is 8.58. The van der Waals surface area contributed by atoms with E-state index in [9.17, 15) is 14.9 Å². The standard InChI is InChI=1S/C11H13N3O4/c15-11(16)8-2-1-5-13(7-8)9-3-4-10(12-6-9)14(17)18/h3-4,6,8H,1-2,5,7H2,(H,15,16)/t8-/m1/s1. The van der Waals surface area contributed by atoms with Crippen molar-refractivity contribution in [1.29, 1.82) is 0 Å². The highest BCUT2D eigenvalue weighted by Crippen LogP contribution is 2.23. The molecular weight excluding hydrogens is 238 g/mol. The molecule has 0 radical (unpaired) electrons.